The Morgan fingerprint density at radius 2 is 1.70 bits per heavy atom. The van der Waals surface area contributed by atoms with Gasteiger partial charge in [-0.25, -0.2) is 0 Å². The summed E-state index contributed by atoms with van der Waals surface area (Å²) in [6.07, 6.45) is 0.852. The highest BCUT2D eigenvalue weighted by Crippen LogP contribution is 2.18. The lowest BCUT2D eigenvalue weighted by Crippen LogP contribution is -2.28. The van der Waals surface area contributed by atoms with E-state index in [9.17, 15) is 4.79 Å². The zero-order valence-corrected chi connectivity index (χ0v) is 16.5. The SMILES string of the molecule is CCC(NC(=O)c1ccc(Cn2nc(C)cc2C)cc1)c1ccc(C)cc1. The molecule has 0 radical (unpaired) electrons. The van der Waals surface area contributed by atoms with Crippen molar-refractivity contribution in [2.45, 2.75) is 46.7 Å². The number of benzene rings is 2. The molecule has 27 heavy (non-hydrogen) atoms. The van der Waals surface area contributed by atoms with Gasteiger partial charge < -0.3 is 5.32 Å². The van der Waals surface area contributed by atoms with E-state index in [-0.39, 0.29) is 11.9 Å². The molecular formula is C23H27N3O. The number of nitrogens with zero attached hydrogens (tertiary/aromatic N) is 2. The molecule has 1 unspecified atom stereocenters. The number of carbonyl (C=O) groups excluding carboxylic acids is 1. The maximum absolute atomic E-state index is 12.7. The van der Waals surface area contributed by atoms with E-state index >= 15 is 0 Å². The van der Waals surface area contributed by atoms with Gasteiger partial charge in [0.05, 0.1) is 18.3 Å². The Morgan fingerprint density at radius 3 is 2.26 bits per heavy atom. The van der Waals surface area contributed by atoms with Crippen LogP contribution in [0.3, 0.4) is 0 Å². The molecule has 0 bridgehead atoms. The molecule has 140 valence electrons. The standard InChI is InChI=1S/C23H27N3O/c1-5-22(20-10-6-16(2)7-11-20)24-23(27)21-12-8-19(9-13-21)15-26-18(4)14-17(3)25-26/h6-14,22H,5,15H2,1-4H3,(H,24,27). The van der Waals surface area contributed by atoms with Crippen molar-refractivity contribution in [2.24, 2.45) is 0 Å². The highest BCUT2D eigenvalue weighted by atomic mass is 16.1. The first-order valence-corrected chi connectivity index (χ1v) is 9.43. The van der Waals surface area contributed by atoms with Crippen molar-refractivity contribution in [3.63, 3.8) is 0 Å². The summed E-state index contributed by atoms with van der Waals surface area (Å²) in [7, 11) is 0. The van der Waals surface area contributed by atoms with Crippen molar-refractivity contribution >= 4 is 5.91 Å². The number of aromatic nitrogens is 2. The Morgan fingerprint density at radius 1 is 1.04 bits per heavy atom. The minimum atomic E-state index is -0.0416. The molecule has 1 atom stereocenters. The van der Waals surface area contributed by atoms with E-state index in [1.807, 2.05) is 35.9 Å². The average Bonchev–Trinajstić information content (AvgIpc) is 2.98. The van der Waals surface area contributed by atoms with Crippen LogP contribution in [0, 0.1) is 20.8 Å². The van der Waals surface area contributed by atoms with Gasteiger partial charge in [0.15, 0.2) is 0 Å². The van der Waals surface area contributed by atoms with E-state index < -0.39 is 0 Å². The first kappa shape index (κ1) is 18.9. The predicted octanol–water partition coefficient (Wildman–Crippen LogP) is 4.74. The van der Waals surface area contributed by atoms with Crippen LogP contribution in [0.2, 0.25) is 0 Å². The summed E-state index contributed by atoms with van der Waals surface area (Å²) < 4.78 is 1.98. The molecule has 3 rings (SSSR count). The Labute approximate surface area is 161 Å². The van der Waals surface area contributed by atoms with Gasteiger partial charge in [-0.15, -0.1) is 0 Å². The van der Waals surface area contributed by atoms with Crippen LogP contribution in [0.1, 0.15) is 57.8 Å². The quantitative estimate of drug-likeness (QED) is 0.689. The highest BCUT2D eigenvalue weighted by Gasteiger charge is 2.14. The van der Waals surface area contributed by atoms with Crippen LogP contribution < -0.4 is 5.32 Å². The topological polar surface area (TPSA) is 46.9 Å². The number of hydrogen-bond donors (Lipinski definition) is 1. The second-order valence-corrected chi connectivity index (χ2v) is 7.13. The molecule has 1 amide bonds. The number of amides is 1. The summed E-state index contributed by atoms with van der Waals surface area (Å²) in [6, 6.07) is 18.2. The molecule has 1 aromatic heterocycles. The maximum Gasteiger partial charge on any atom is 0.251 e. The third kappa shape index (κ3) is 4.64. The van der Waals surface area contributed by atoms with Crippen LogP contribution in [0.5, 0.6) is 0 Å². The number of hydrogen-bond acceptors (Lipinski definition) is 2. The fraction of sp³-hybridized carbons (Fsp3) is 0.304. The monoisotopic (exact) mass is 361 g/mol. The van der Waals surface area contributed by atoms with Crippen molar-refractivity contribution < 1.29 is 4.79 Å². The van der Waals surface area contributed by atoms with E-state index in [4.69, 9.17) is 0 Å². The second kappa shape index (κ2) is 8.21. The Kier molecular flexibility index (Phi) is 5.75. The lowest BCUT2D eigenvalue weighted by atomic mass is 10.0. The van der Waals surface area contributed by atoms with Crippen LogP contribution in [-0.4, -0.2) is 15.7 Å². The fourth-order valence-corrected chi connectivity index (χ4v) is 3.23. The highest BCUT2D eigenvalue weighted by molar-refractivity contribution is 5.94. The summed E-state index contributed by atoms with van der Waals surface area (Å²) in [5, 5.41) is 7.63. The van der Waals surface area contributed by atoms with Crippen molar-refractivity contribution in [1.29, 1.82) is 0 Å². The fourth-order valence-electron chi connectivity index (χ4n) is 3.23. The molecule has 0 aliphatic carbocycles. The molecule has 0 aliphatic rings. The predicted molar refractivity (Wildman–Crippen MR) is 109 cm³/mol. The summed E-state index contributed by atoms with van der Waals surface area (Å²) in [5.74, 6) is -0.0416. The van der Waals surface area contributed by atoms with Crippen LogP contribution in [0.15, 0.2) is 54.6 Å². The minimum absolute atomic E-state index is 0.0208. The van der Waals surface area contributed by atoms with Gasteiger partial charge in [-0.2, -0.15) is 5.10 Å². The van der Waals surface area contributed by atoms with Gasteiger partial charge in [0, 0.05) is 11.3 Å². The Hall–Kier alpha value is -2.88. The molecular weight excluding hydrogens is 334 g/mol. The minimum Gasteiger partial charge on any atom is -0.345 e. The zero-order chi connectivity index (χ0) is 19.4. The summed E-state index contributed by atoms with van der Waals surface area (Å²) >= 11 is 0. The molecule has 4 nitrogen and oxygen atoms in total. The summed E-state index contributed by atoms with van der Waals surface area (Å²) in [5.41, 5.74) is 6.32. The van der Waals surface area contributed by atoms with E-state index in [1.54, 1.807) is 0 Å². The van der Waals surface area contributed by atoms with Gasteiger partial charge in [0.25, 0.3) is 5.91 Å². The van der Waals surface area contributed by atoms with Gasteiger partial charge in [0.2, 0.25) is 0 Å². The molecule has 0 spiro atoms. The molecule has 1 N–H and O–H groups in total. The Bertz CT molecular complexity index is 908. The average molecular weight is 361 g/mol. The molecule has 3 aromatic rings. The third-order valence-corrected chi connectivity index (χ3v) is 4.85. The van der Waals surface area contributed by atoms with E-state index in [2.05, 4.69) is 61.5 Å². The smallest absolute Gasteiger partial charge is 0.251 e. The van der Waals surface area contributed by atoms with Crippen LogP contribution in [0.25, 0.3) is 0 Å². The van der Waals surface area contributed by atoms with Crippen LogP contribution in [-0.2, 0) is 6.54 Å². The number of nitrogens with one attached hydrogen (secondary N) is 1. The first-order valence-electron chi connectivity index (χ1n) is 9.43. The number of rotatable bonds is 6. The molecule has 0 saturated carbocycles. The lowest BCUT2D eigenvalue weighted by molar-refractivity contribution is 0.0935. The van der Waals surface area contributed by atoms with Gasteiger partial charge in [-0.3, -0.25) is 9.48 Å². The normalized spacial score (nSPS) is 12.0. The van der Waals surface area contributed by atoms with E-state index in [0.29, 0.717) is 12.1 Å². The van der Waals surface area contributed by atoms with Crippen LogP contribution in [0.4, 0.5) is 0 Å². The van der Waals surface area contributed by atoms with Crippen LogP contribution >= 0.6 is 0 Å². The first-order chi connectivity index (χ1) is 13.0. The molecule has 0 saturated heterocycles. The van der Waals surface area contributed by atoms with Gasteiger partial charge in [0.1, 0.15) is 0 Å². The van der Waals surface area contributed by atoms with Gasteiger partial charge in [-0.05, 0) is 56.5 Å². The van der Waals surface area contributed by atoms with Gasteiger partial charge >= 0.3 is 0 Å². The Balaban J connectivity index is 1.67. The van der Waals surface area contributed by atoms with Gasteiger partial charge in [-0.1, -0.05) is 48.9 Å². The molecule has 4 heteroatoms. The molecule has 0 aliphatic heterocycles. The van der Waals surface area contributed by atoms with E-state index in [0.717, 1.165) is 28.9 Å². The van der Waals surface area contributed by atoms with Crippen molar-refractivity contribution in [1.82, 2.24) is 15.1 Å². The summed E-state index contributed by atoms with van der Waals surface area (Å²) in [6.45, 7) is 8.91. The number of carbonyl (C=O) groups is 1. The second-order valence-electron chi connectivity index (χ2n) is 7.13. The van der Waals surface area contributed by atoms with Crippen molar-refractivity contribution in [3.8, 4) is 0 Å². The largest absolute Gasteiger partial charge is 0.345 e. The lowest BCUT2D eigenvalue weighted by Gasteiger charge is -2.18. The van der Waals surface area contributed by atoms with Crippen molar-refractivity contribution in [2.75, 3.05) is 0 Å². The zero-order valence-electron chi connectivity index (χ0n) is 16.5. The molecule has 2 aromatic carbocycles. The summed E-state index contributed by atoms with van der Waals surface area (Å²) in [4.78, 5) is 12.7. The van der Waals surface area contributed by atoms with E-state index in [1.165, 1.54) is 5.56 Å². The number of aryl methyl sites for hydroxylation is 3. The van der Waals surface area contributed by atoms with Crippen molar-refractivity contribution in [3.05, 3.63) is 88.2 Å². The molecule has 0 fully saturated rings. The maximum atomic E-state index is 12.7. The molecule has 1 heterocycles. The third-order valence-electron chi connectivity index (χ3n) is 4.85.